The first kappa shape index (κ1) is 16.8. The second kappa shape index (κ2) is 6.04. The van der Waals surface area contributed by atoms with Crippen LogP contribution in [0.1, 0.15) is 37.8 Å². The van der Waals surface area contributed by atoms with Crippen molar-refractivity contribution >= 4 is 11.7 Å². The van der Waals surface area contributed by atoms with Crippen molar-refractivity contribution in [1.29, 1.82) is 5.26 Å². The maximum Gasteiger partial charge on any atom is 0.416 e. The molecule has 0 bridgehead atoms. The van der Waals surface area contributed by atoms with Crippen LogP contribution in [0.25, 0.3) is 0 Å². The zero-order chi connectivity index (χ0) is 16.3. The van der Waals surface area contributed by atoms with Gasteiger partial charge in [-0.05, 0) is 31.0 Å². The molecule has 0 saturated heterocycles. The highest BCUT2D eigenvalue weighted by molar-refractivity contribution is 5.83. The third-order valence-electron chi connectivity index (χ3n) is 3.46. The summed E-state index contributed by atoms with van der Waals surface area (Å²) in [7, 11) is 0. The van der Waals surface area contributed by atoms with Crippen molar-refractivity contribution in [3.8, 4) is 6.07 Å². The van der Waals surface area contributed by atoms with Crippen LogP contribution < -0.4 is 5.32 Å². The van der Waals surface area contributed by atoms with Gasteiger partial charge in [-0.3, -0.25) is 0 Å². The monoisotopic (exact) mass is 300 g/mol. The Balaban J connectivity index is 3.27. The highest BCUT2D eigenvalue weighted by Crippen LogP contribution is 2.33. The molecule has 1 aromatic rings. The van der Waals surface area contributed by atoms with E-state index in [1.54, 1.807) is 19.9 Å². The Hall–Kier alpha value is -2.23. The van der Waals surface area contributed by atoms with Crippen LogP contribution >= 0.6 is 0 Å². The number of halogens is 3. The minimum Gasteiger partial charge on any atom is -0.480 e. The largest absolute Gasteiger partial charge is 0.480 e. The number of hydrogen-bond donors (Lipinski definition) is 2. The Bertz CT molecular complexity index is 573. The van der Waals surface area contributed by atoms with Gasteiger partial charge in [-0.25, -0.2) is 4.79 Å². The normalized spacial score (nSPS) is 11.8. The molecule has 114 valence electrons. The van der Waals surface area contributed by atoms with Gasteiger partial charge in [0.2, 0.25) is 0 Å². The van der Waals surface area contributed by atoms with Crippen LogP contribution in [-0.4, -0.2) is 16.6 Å². The summed E-state index contributed by atoms with van der Waals surface area (Å²) in [6, 6.07) is 4.28. The van der Waals surface area contributed by atoms with E-state index in [4.69, 9.17) is 5.26 Å². The highest BCUT2D eigenvalue weighted by atomic mass is 19.4. The zero-order valence-electron chi connectivity index (χ0n) is 11.6. The fourth-order valence-electron chi connectivity index (χ4n) is 1.96. The lowest BCUT2D eigenvalue weighted by molar-refractivity contribution is -0.142. The molecule has 21 heavy (non-hydrogen) atoms. The van der Waals surface area contributed by atoms with E-state index in [0.717, 1.165) is 12.1 Å². The molecule has 7 heteroatoms. The summed E-state index contributed by atoms with van der Waals surface area (Å²) in [5, 5.41) is 21.0. The number of hydrogen-bond acceptors (Lipinski definition) is 3. The predicted molar refractivity (Wildman–Crippen MR) is 70.7 cm³/mol. The fraction of sp³-hybridized carbons (Fsp3) is 0.429. The number of nitriles is 1. The van der Waals surface area contributed by atoms with Crippen LogP contribution in [0.15, 0.2) is 18.2 Å². The van der Waals surface area contributed by atoms with Crippen LogP contribution in [0, 0.1) is 11.3 Å². The minimum absolute atomic E-state index is 0.0802. The van der Waals surface area contributed by atoms with Gasteiger partial charge in [0.1, 0.15) is 11.6 Å². The maximum absolute atomic E-state index is 12.6. The lowest BCUT2D eigenvalue weighted by Gasteiger charge is -2.29. The Morgan fingerprint density at radius 2 is 1.90 bits per heavy atom. The summed E-state index contributed by atoms with van der Waals surface area (Å²) in [4.78, 5) is 11.4. The van der Waals surface area contributed by atoms with Gasteiger partial charge in [0.25, 0.3) is 0 Å². The van der Waals surface area contributed by atoms with E-state index in [0.29, 0.717) is 6.07 Å². The molecule has 0 radical (unpaired) electrons. The van der Waals surface area contributed by atoms with Crippen molar-refractivity contribution in [3.63, 3.8) is 0 Å². The van der Waals surface area contributed by atoms with E-state index in [-0.39, 0.29) is 24.1 Å². The molecule has 0 amide bonds. The van der Waals surface area contributed by atoms with E-state index < -0.39 is 23.2 Å². The Morgan fingerprint density at radius 1 is 1.33 bits per heavy atom. The van der Waals surface area contributed by atoms with Crippen molar-refractivity contribution < 1.29 is 23.1 Å². The first-order chi connectivity index (χ1) is 9.70. The van der Waals surface area contributed by atoms with E-state index in [2.05, 4.69) is 5.32 Å². The van der Waals surface area contributed by atoms with Gasteiger partial charge in [-0.2, -0.15) is 18.4 Å². The van der Waals surface area contributed by atoms with E-state index in [1.165, 1.54) is 0 Å². The smallest absolute Gasteiger partial charge is 0.416 e. The first-order valence-corrected chi connectivity index (χ1v) is 6.33. The van der Waals surface area contributed by atoms with Gasteiger partial charge in [-0.15, -0.1) is 0 Å². The van der Waals surface area contributed by atoms with Crippen molar-refractivity contribution in [2.75, 3.05) is 5.32 Å². The summed E-state index contributed by atoms with van der Waals surface area (Å²) >= 11 is 0. The van der Waals surface area contributed by atoms with Gasteiger partial charge in [-0.1, -0.05) is 13.8 Å². The summed E-state index contributed by atoms with van der Waals surface area (Å²) in [5.41, 5.74) is -2.42. The first-order valence-electron chi connectivity index (χ1n) is 6.33. The molecule has 0 saturated carbocycles. The molecule has 0 unspecified atom stereocenters. The number of alkyl halides is 3. The van der Waals surface area contributed by atoms with Crippen LogP contribution in [-0.2, 0) is 11.0 Å². The molecule has 0 aliphatic carbocycles. The van der Waals surface area contributed by atoms with Crippen molar-refractivity contribution in [2.24, 2.45) is 0 Å². The third-order valence-corrected chi connectivity index (χ3v) is 3.46. The molecule has 0 aliphatic rings. The van der Waals surface area contributed by atoms with Gasteiger partial charge in [0.15, 0.2) is 0 Å². The standard InChI is InChI=1S/C14H15F3N2O2/c1-3-13(4-2,12(20)21)19-11-6-5-10(14(15,16)17)7-9(11)8-18/h5-7,19H,3-4H2,1-2H3,(H,20,21). The number of anilines is 1. The van der Waals surface area contributed by atoms with Gasteiger partial charge in [0.05, 0.1) is 16.8 Å². The highest BCUT2D eigenvalue weighted by Gasteiger charge is 2.36. The predicted octanol–water partition coefficient (Wildman–Crippen LogP) is 3.63. The average Bonchev–Trinajstić information content (AvgIpc) is 2.43. The maximum atomic E-state index is 12.6. The number of carboxylic acid groups (broad SMARTS) is 1. The number of nitrogens with zero attached hydrogens (tertiary/aromatic N) is 1. The van der Waals surface area contributed by atoms with Crippen molar-refractivity contribution in [2.45, 2.75) is 38.4 Å². The molecule has 4 nitrogen and oxygen atoms in total. The number of benzene rings is 1. The number of aliphatic carboxylic acids is 1. The average molecular weight is 300 g/mol. The lowest BCUT2D eigenvalue weighted by atomic mass is 9.92. The second-order valence-corrected chi connectivity index (χ2v) is 4.59. The number of nitrogens with one attached hydrogen (secondary N) is 1. The molecule has 1 aromatic carbocycles. The molecule has 0 aromatic heterocycles. The van der Waals surface area contributed by atoms with Crippen LogP contribution in [0.5, 0.6) is 0 Å². The van der Waals surface area contributed by atoms with Crippen LogP contribution in [0.3, 0.4) is 0 Å². The summed E-state index contributed by atoms with van der Waals surface area (Å²) in [5.74, 6) is -1.11. The second-order valence-electron chi connectivity index (χ2n) is 4.59. The summed E-state index contributed by atoms with van der Waals surface area (Å²) < 4.78 is 37.8. The van der Waals surface area contributed by atoms with Crippen molar-refractivity contribution in [3.05, 3.63) is 29.3 Å². The SMILES string of the molecule is CCC(CC)(Nc1ccc(C(F)(F)F)cc1C#N)C(=O)O. The molecular weight excluding hydrogens is 285 g/mol. The van der Waals surface area contributed by atoms with Gasteiger partial charge in [0, 0.05) is 0 Å². The van der Waals surface area contributed by atoms with E-state index in [1.807, 2.05) is 0 Å². The quantitative estimate of drug-likeness (QED) is 0.871. The molecule has 0 heterocycles. The van der Waals surface area contributed by atoms with Crippen molar-refractivity contribution in [1.82, 2.24) is 0 Å². The summed E-state index contributed by atoms with van der Waals surface area (Å²) in [6.07, 6.45) is -4.10. The number of rotatable bonds is 5. The Kier molecular flexibility index (Phi) is 4.84. The van der Waals surface area contributed by atoms with Gasteiger partial charge < -0.3 is 10.4 Å². The van der Waals surface area contributed by atoms with E-state index in [9.17, 15) is 23.1 Å². The molecule has 0 atom stereocenters. The Morgan fingerprint density at radius 3 is 2.29 bits per heavy atom. The van der Waals surface area contributed by atoms with Gasteiger partial charge >= 0.3 is 12.1 Å². The topological polar surface area (TPSA) is 73.1 Å². The number of carboxylic acids is 1. The lowest BCUT2D eigenvalue weighted by Crippen LogP contribution is -2.45. The van der Waals surface area contributed by atoms with E-state index >= 15 is 0 Å². The zero-order valence-corrected chi connectivity index (χ0v) is 11.6. The molecule has 0 aliphatic heterocycles. The molecular formula is C14H15F3N2O2. The third kappa shape index (κ3) is 3.45. The minimum atomic E-state index is -4.55. The molecule has 1 rings (SSSR count). The molecule has 0 spiro atoms. The Labute approximate surface area is 120 Å². The fourth-order valence-corrected chi connectivity index (χ4v) is 1.96. The summed E-state index contributed by atoms with van der Waals surface area (Å²) in [6.45, 7) is 3.31. The molecule has 2 N–H and O–H groups in total. The molecule has 0 fully saturated rings. The number of carbonyl (C=O) groups is 1. The van der Waals surface area contributed by atoms with Crippen LogP contribution in [0.2, 0.25) is 0 Å². The van der Waals surface area contributed by atoms with Crippen LogP contribution in [0.4, 0.5) is 18.9 Å².